The average molecular weight is 533 g/mol. The topological polar surface area (TPSA) is 94.2 Å². The van der Waals surface area contributed by atoms with E-state index in [0.717, 1.165) is 36.1 Å². The van der Waals surface area contributed by atoms with Crippen molar-refractivity contribution in [2.24, 2.45) is 0 Å². The van der Waals surface area contributed by atoms with Gasteiger partial charge in [0, 0.05) is 35.1 Å². The van der Waals surface area contributed by atoms with E-state index in [1.807, 2.05) is 40.6 Å². The number of imide groups is 1. The van der Waals surface area contributed by atoms with Crippen molar-refractivity contribution < 1.29 is 14.0 Å². The van der Waals surface area contributed by atoms with Gasteiger partial charge in [0.15, 0.2) is 0 Å². The van der Waals surface area contributed by atoms with Crippen molar-refractivity contribution >= 4 is 61.4 Å². The van der Waals surface area contributed by atoms with Crippen molar-refractivity contribution in [3.05, 3.63) is 53.2 Å². The predicted octanol–water partition coefficient (Wildman–Crippen LogP) is 4.39. The molecule has 38 heavy (non-hydrogen) atoms. The molecular weight excluding hydrogens is 503 g/mol. The van der Waals surface area contributed by atoms with Crippen LogP contribution in [0.1, 0.15) is 37.9 Å². The first kappa shape index (κ1) is 24.7. The van der Waals surface area contributed by atoms with Crippen LogP contribution in [0.25, 0.3) is 32.3 Å². The molecule has 8 nitrogen and oxygen atoms in total. The summed E-state index contributed by atoms with van der Waals surface area (Å²) in [5.74, 6) is -0.563. The highest BCUT2D eigenvalue weighted by molar-refractivity contribution is 7.16. The molecule has 2 atom stereocenters. The van der Waals surface area contributed by atoms with Crippen LogP contribution < -0.4 is 10.2 Å². The summed E-state index contributed by atoms with van der Waals surface area (Å²) in [4.78, 5) is 44.1. The third-order valence-electron chi connectivity index (χ3n) is 7.73. The van der Waals surface area contributed by atoms with E-state index in [2.05, 4.69) is 15.2 Å². The number of thiophene rings is 1. The number of hydrogen-bond donors (Lipinski definition) is 2. The number of fused-ring (bicyclic) bond motifs is 2. The van der Waals surface area contributed by atoms with Crippen LogP contribution in [0.3, 0.4) is 0 Å². The Balaban J connectivity index is 0.00000264. The summed E-state index contributed by atoms with van der Waals surface area (Å²) < 4.78 is 15.4. The van der Waals surface area contributed by atoms with Crippen LogP contribution in [0, 0.1) is 0 Å². The van der Waals surface area contributed by atoms with Crippen molar-refractivity contribution in [2.75, 3.05) is 31.1 Å². The molecule has 0 spiro atoms. The molecule has 7 rings (SSSR count). The van der Waals surface area contributed by atoms with Crippen LogP contribution in [0.5, 0.6) is 0 Å². The lowest BCUT2D eigenvalue weighted by molar-refractivity contribution is -0.122. The van der Waals surface area contributed by atoms with E-state index < -0.39 is 18.0 Å². The summed E-state index contributed by atoms with van der Waals surface area (Å²) >= 11 is 1.53. The molecule has 3 aromatic heterocycles. The molecule has 0 bridgehead atoms. The van der Waals surface area contributed by atoms with E-state index in [9.17, 15) is 9.59 Å². The van der Waals surface area contributed by atoms with Crippen LogP contribution in [0.2, 0.25) is 0 Å². The number of amides is 2. The maximum absolute atomic E-state index is 15.4. The Morgan fingerprint density at radius 1 is 0.974 bits per heavy atom. The Hall–Kier alpha value is -3.63. The van der Waals surface area contributed by atoms with Crippen LogP contribution in [0.4, 0.5) is 10.3 Å². The zero-order valence-corrected chi connectivity index (χ0v) is 20.9. The van der Waals surface area contributed by atoms with Gasteiger partial charge in [0.25, 0.3) is 11.8 Å². The third kappa shape index (κ3) is 3.90. The number of anilines is 1. The van der Waals surface area contributed by atoms with Crippen molar-refractivity contribution in [1.29, 1.82) is 0 Å². The highest BCUT2D eigenvalue weighted by Gasteiger charge is 2.38. The van der Waals surface area contributed by atoms with Crippen molar-refractivity contribution in [3.8, 4) is 0 Å². The van der Waals surface area contributed by atoms with E-state index in [1.165, 1.54) is 11.3 Å². The lowest BCUT2D eigenvalue weighted by atomic mass is 9.97. The van der Waals surface area contributed by atoms with Gasteiger partial charge in [-0.2, -0.15) is 0 Å². The van der Waals surface area contributed by atoms with E-state index in [1.54, 1.807) is 6.20 Å². The molecule has 10 heteroatoms. The predicted molar refractivity (Wildman–Crippen MR) is 149 cm³/mol. The molecule has 2 N–H and O–H groups in total. The second-order valence-corrected chi connectivity index (χ2v) is 10.8. The number of benzene rings is 1. The molecule has 0 saturated carbocycles. The molecule has 3 aliphatic rings. The van der Waals surface area contributed by atoms with Gasteiger partial charge in [0.1, 0.15) is 11.0 Å². The molecule has 2 saturated heterocycles. The number of hydrogen-bond acceptors (Lipinski definition) is 7. The minimum atomic E-state index is -1.01. The third-order valence-corrected chi connectivity index (χ3v) is 8.58. The van der Waals surface area contributed by atoms with Crippen molar-refractivity contribution in [3.63, 3.8) is 0 Å². The second-order valence-electron chi connectivity index (χ2n) is 9.85. The molecule has 2 fully saturated rings. The minimum Gasteiger partial charge on any atom is -0.352 e. The molecular formula is C28H29FN6O2S. The Labute approximate surface area is 223 Å². The average Bonchev–Trinajstić information content (AvgIpc) is 3.69. The first-order valence-electron chi connectivity index (χ1n) is 12.6. The van der Waals surface area contributed by atoms with Gasteiger partial charge in [0.05, 0.1) is 28.9 Å². The molecule has 6 heterocycles. The molecule has 0 unspecified atom stereocenters. The van der Waals surface area contributed by atoms with Gasteiger partial charge in [0.2, 0.25) is 5.95 Å². The number of para-hydroxylation sites is 1. The number of nitrogens with zero attached hydrogens (tertiary/aromatic N) is 4. The van der Waals surface area contributed by atoms with Gasteiger partial charge >= 0.3 is 0 Å². The smallest absolute Gasteiger partial charge is 0.261 e. The molecule has 196 valence electrons. The number of aromatic amines is 1. The number of carbonyl (C=O) groups is 2. The highest BCUT2D eigenvalue weighted by Crippen LogP contribution is 2.38. The Morgan fingerprint density at radius 2 is 1.76 bits per heavy atom. The Morgan fingerprint density at radius 3 is 2.58 bits per heavy atom. The summed E-state index contributed by atoms with van der Waals surface area (Å²) in [6.07, 6.45) is 3.69. The summed E-state index contributed by atoms with van der Waals surface area (Å²) in [6, 6.07) is 9.29. The second kappa shape index (κ2) is 9.59. The molecule has 4 aromatic rings. The van der Waals surface area contributed by atoms with E-state index >= 15 is 4.39 Å². The molecule has 0 radical (unpaired) electrons. The fourth-order valence-electron chi connectivity index (χ4n) is 5.95. The van der Waals surface area contributed by atoms with Crippen LogP contribution in [-0.4, -0.2) is 70.1 Å². The van der Waals surface area contributed by atoms with Crippen LogP contribution in [0.15, 0.2) is 41.9 Å². The lowest BCUT2D eigenvalue weighted by Gasteiger charge is -2.39. The molecule has 3 aliphatic heterocycles. The number of piperidine rings is 1. The van der Waals surface area contributed by atoms with Crippen LogP contribution in [-0.2, 0) is 9.59 Å². The highest BCUT2D eigenvalue weighted by atomic mass is 32.1. The first-order valence-corrected chi connectivity index (χ1v) is 13.5. The number of carbonyl (C=O) groups excluding carboxylic acids is 2. The fourth-order valence-corrected chi connectivity index (χ4v) is 6.72. The van der Waals surface area contributed by atoms with Crippen LogP contribution >= 0.6 is 11.3 Å². The Kier molecular flexibility index (Phi) is 6.23. The number of rotatable bonds is 4. The van der Waals surface area contributed by atoms with Gasteiger partial charge in [-0.3, -0.25) is 19.8 Å². The molecule has 1 aromatic carbocycles. The normalized spacial score (nSPS) is 22.5. The maximum Gasteiger partial charge on any atom is 0.261 e. The fraction of sp³-hybridized carbons (Fsp3) is 0.357. The Bertz CT molecular complexity index is 1590. The van der Waals surface area contributed by atoms with Gasteiger partial charge in [-0.1, -0.05) is 25.6 Å². The summed E-state index contributed by atoms with van der Waals surface area (Å²) in [6.45, 7) is 2.74. The largest absolute Gasteiger partial charge is 0.352 e. The maximum atomic E-state index is 15.4. The van der Waals surface area contributed by atoms with E-state index in [0.29, 0.717) is 46.6 Å². The van der Waals surface area contributed by atoms with Gasteiger partial charge in [-0.05, 0) is 49.9 Å². The molecule has 2 amide bonds. The number of aromatic nitrogens is 3. The lowest BCUT2D eigenvalue weighted by Crippen LogP contribution is -2.52. The number of likely N-dealkylation sites (tertiary alicyclic amines) is 1. The number of nitrogens with one attached hydrogen (secondary N) is 2. The summed E-state index contributed by atoms with van der Waals surface area (Å²) in [5, 5.41) is 5.96. The van der Waals surface area contributed by atoms with E-state index in [-0.39, 0.29) is 25.6 Å². The summed E-state index contributed by atoms with van der Waals surface area (Å²) in [5.41, 5.74) is 2.21. The zero-order valence-electron chi connectivity index (χ0n) is 20.0. The number of halogens is 1. The zero-order chi connectivity index (χ0) is 25.1. The number of H-pyrrole nitrogens is 1. The van der Waals surface area contributed by atoms with E-state index in [4.69, 9.17) is 9.97 Å². The molecule has 0 aliphatic carbocycles. The first-order chi connectivity index (χ1) is 18.1. The van der Waals surface area contributed by atoms with Crippen molar-refractivity contribution in [1.82, 2.24) is 25.2 Å². The van der Waals surface area contributed by atoms with Gasteiger partial charge in [-0.25, -0.2) is 14.4 Å². The standard InChI is InChI=1S/C27H25FN6O2S.CH4/c28-18-14-34(11-7-20(18)33-9-3-4-10-33)27-30-19-6-2-1-5-16(19)23(31-27)22-21(24(35)32-25(22)36)17-13-29-26-15(17)8-12-37-26;/h1-2,5-6,8,12-13,18,20,29H,3-4,7,9-11,14H2,(H,32,35,36);1H4/t18-,20+;/m1./s1. The quantitative estimate of drug-likeness (QED) is 0.379. The van der Waals surface area contributed by atoms with Crippen molar-refractivity contribution in [2.45, 2.75) is 38.9 Å². The monoisotopic (exact) mass is 532 g/mol. The SMILES string of the molecule is C.O=C1NC(=O)C(c2c[nH]c3sccc23)=C1c1nc(N2CC[C@H](N3CCCC3)[C@H](F)C2)nc2ccccc12. The number of alkyl halides is 1. The summed E-state index contributed by atoms with van der Waals surface area (Å²) in [7, 11) is 0. The van der Waals surface area contributed by atoms with Gasteiger partial charge in [-0.15, -0.1) is 11.3 Å². The van der Waals surface area contributed by atoms with Gasteiger partial charge < -0.3 is 9.88 Å². The minimum absolute atomic E-state index is 0.